The van der Waals surface area contributed by atoms with E-state index in [4.69, 9.17) is 9.47 Å². The molecular weight excluding hydrogens is 381 g/mol. The smallest absolute Gasteiger partial charge is 0.191 e. The van der Waals surface area contributed by atoms with Gasteiger partial charge in [0, 0.05) is 39.5 Å². The lowest BCUT2D eigenvalue weighted by atomic mass is 10.1. The summed E-state index contributed by atoms with van der Waals surface area (Å²) in [5, 5.41) is 6.72. The molecule has 0 bridgehead atoms. The largest absolute Gasteiger partial charge is 0.381 e. The van der Waals surface area contributed by atoms with Gasteiger partial charge in [-0.05, 0) is 32.1 Å². The van der Waals surface area contributed by atoms with Gasteiger partial charge in [-0.15, -0.1) is 24.0 Å². The van der Waals surface area contributed by atoms with E-state index in [2.05, 4.69) is 36.4 Å². The van der Waals surface area contributed by atoms with Crippen molar-refractivity contribution < 1.29 is 9.47 Å². The van der Waals surface area contributed by atoms with Gasteiger partial charge in [0.25, 0.3) is 0 Å². The fraction of sp³-hybridized carbons (Fsp3) is 0.933. The number of halogens is 1. The van der Waals surface area contributed by atoms with E-state index in [0.717, 1.165) is 51.6 Å². The Hall–Kier alpha value is -0.0800. The molecule has 21 heavy (non-hydrogen) atoms. The van der Waals surface area contributed by atoms with E-state index in [1.54, 1.807) is 7.05 Å². The van der Waals surface area contributed by atoms with Crippen LogP contribution in [-0.2, 0) is 9.47 Å². The van der Waals surface area contributed by atoms with Crippen molar-refractivity contribution in [2.45, 2.75) is 52.2 Å². The van der Waals surface area contributed by atoms with Gasteiger partial charge in [-0.3, -0.25) is 4.99 Å². The minimum absolute atomic E-state index is 0. The maximum atomic E-state index is 5.84. The van der Waals surface area contributed by atoms with Crippen LogP contribution in [0.15, 0.2) is 4.99 Å². The Balaban J connectivity index is 0.00000400. The summed E-state index contributed by atoms with van der Waals surface area (Å²) < 4.78 is 11.2. The first-order valence-electron chi connectivity index (χ1n) is 7.80. The summed E-state index contributed by atoms with van der Waals surface area (Å²) in [6.45, 7) is 9.94. The first-order chi connectivity index (χ1) is 9.63. The number of aliphatic imine (C=N–C) groups is 1. The highest BCUT2D eigenvalue weighted by molar-refractivity contribution is 14.0. The van der Waals surface area contributed by atoms with Crippen LogP contribution in [0.1, 0.15) is 40.0 Å². The van der Waals surface area contributed by atoms with Crippen LogP contribution in [0.25, 0.3) is 0 Å². The molecule has 1 rings (SSSR count). The van der Waals surface area contributed by atoms with Gasteiger partial charge in [0.15, 0.2) is 5.96 Å². The monoisotopic (exact) mass is 413 g/mol. The van der Waals surface area contributed by atoms with Gasteiger partial charge in [-0.25, -0.2) is 0 Å². The van der Waals surface area contributed by atoms with E-state index >= 15 is 0 Å². The molecule has 1 unspecified atom stereocenters. The third kappa shape index (κ3) is 9.52. The zero-order valence-corrected chi connectivity index (χ0v) is 16.2. The van der Waals surface area contributed by atoms with Gasteiger partial charge in [0.1, 0.15) is 0 Å². The molecule has 1 aliphatic rings. The zero-order valence-electron chi connectivity index (χ0n) is 13.9. The molecule has 0 radical (unpaired) electrons. The average Bonchev–Trinajstić information content (AvgIpc) is 2.46. The lowest BCUT2D eigenvalue weighted by Crippen LogP contribution is -2.44. The van der Waals surface area contributed by atoms with Gasteiger partial charge in [-0.1, -0.05) is 13.8 Å². The number of nitrogens with one attached hydrogen (secondary N) is 2. The van der Waals surface area contributed by atoms with Crippen molar-refractivity contribution in [1.29, 1.82) is 0 Å². The normalized spacial score (nSPS) is 18.2. The van der Waals surface area contributed by atoms with Crippen LogP contribution in [0.3, 0.4) is 0 Å². The second-order valence-electron chi connectivity index (χ2n) is 5.71. The van der Waals surface area contributed by atoms with Crippen molar-refractivity contribution in [3.8, 4) is 0 Å². The minimum Gasteiger partial charge on any atom is -0.381 e. The molecule has 1 aliphatic heterocycles. The zero-order chi connectivity index (χ0) is 14.8. The molecule has 1 fully saturated rings. The standard InChI is InChI=1S/C15H31N3O2.HI/c1-12(2)13(3)18-15(16-4)17-8-5-9-20-14-6-10-19-11-7-14;/h12-14H,5-11H2,1-4H3,(H2,16,17,18);1H. The molecule has 2 N–H and O–H groups in total. The SMILES string of the molecule is CN=C(NCCCOC1CCOCC1)NC(C)C(C)C.I. The Morgan fingerprint density at radius 2 is 1.95 bits per heavy atom. The van der Waals surface area contributed by atoms with Crippen LogP contribution in [0.4, 0.5) is 0 Å². The third-order valence-electron chi connectivity index (χ3n) is 3.72. The van der Waals surface area contributed by atoms with Gasteiger partial charge in [0.05, 0.1) is 6.10 Å². The molecule has 0 saturated carbocycles. The van der Waals surface area contributed by atoms with Gasteiger partial charge in [-0.2, -0.15) is 0 Å². The van der Waals surface area contributed by atoms with E-state index in [-0.39, 0.29) is 24.0 Å². The van der Waals surface area contributed by atoms with Crippen LogP contribution in [0, 0.1) is 5.92 Å². The molecule has 0 aromatic rings. The van der Waals surface area contributed by atoms with Crippen LogP contribution in [-0.4, -0.2) is 51.5 Å². The second-order valence-corrected chi connectivity index (χ2v) is 5.71. The summed E-state index contributed by atoms with van der Waals surface area (Å²) in [6.07, 6.45) is 3.45. The topological polar surface area (TPSA) is 54.9 Å². The Morgan fingerprint density at radius 1 is 1.29 bits per heavy atom. The number of hydrogen-bond acceptors (Lipinski definition) is 3. The van der Waals surface area contributed by atoms with E-state index in [9.17, 15) is 0 Å². The van der Waals surface area contributed by atoms with E-state index in [1.165, 1.54) is 0 Å². The third-order valence-corrected chi connectivity index (χ3v) is 3.72. The Labute approximate surface area is 146 Å². The van der Waals surface area contributed by atoms with Crippen LogP contribution >= 0.6 is 24.0 Å². The number of nitrogens with zero attached hydrogens (tertiary/aromatic N) is 1. The fourth-order valence-electron chi connectivity index (χ4n) is 1.95. The quantitative estimate of drug-likeness (QED) is 0.291. The fourth-order valence-corrected chi connectivity index (χ4v) is 1.95. The number of rotatable bonds is 7. The molecule has 0 amide bonds. The lowest BCUT2D eigenvalue weighted by molar-refractivity contribution is -0.0320. The summed E-state index contributed by atoms with van der Waals surface area (Å²) in [7, 11) is 1.81. The van der Waals surface area contributed by atoms with Crippen LogP contribution in [0.5, 0.6) is 0 Å². The van der Waals surface area contributed by atoms with Gasteiger partial charge in [0.2, 0.25) is 0 Å². The summed E-state index contributed by atoms with van der Waals surface area (Å²) >= 11 is 0. The molecule has 6 heteroatoms. The predicted octanol–water partition coefficient (Wildman–Crippen LogP) is 2.40. The molecule has 5 nitrogen and oxygen atoms in total. The first-order valence-corrected chi connectivity index (χ1v) is 7.80. The maximum Gasteiger partial charge on any atom is 0.191 e. The highest BCUT2D eigenvalue weighted by Gasteiger charge is 2.13. The van der Waals surface area contributed by atoms with E-state index in [1.807, 2.05) is 0 Å². The summed E-state index contributed by atoms with van der Waals surface area (Å²) in [5.41, 5.74) is 0. The highest BCUT2D eigenvalue weighted by Crippen LogP contribution is 2.10. The van der Waals surface area contributed by atoms with Crippen molar-refractivity contribution in [3.63, 3.8) is 0 Å². The maximum absolute atomic E-state index is 5.84. The van der Waals surface area contributed by atoms with Crippen molar-refractivity contribution in [1.82, 2.24) is 10.6 Å². The van der Waals surface area contributed by atoms with E-state index in [0.29, 0.717) is 18.1 Å². The Morgan fingerprint density at radius 3 is 2.52 bits per heavy atom. The highest BCUT2D eigenvalue weighted by atomic mass is 127. The van der Waals surface area contributed by atoms with Gasteiger partial charge >= 0.3 is 0 Å². The molecular formula is C15H32IN3O2. The van der Waals surface area contributed by atoms with Crippen molar-refractivity contribution in [2.75, 3.05) is 33.4 Å². The first kappa shape index (κ1) is 20.9. The van der Waals surface area contributed by atoms with Crippen molar-refractivity contribution in [3.05, 3.63) is 0 Å². The molecule has 0 aliphatic carbocycles. The minimum atomic E-state index is 0. The molecule has 126 valence electrons. The Kier molecular flexibility index (Phi) is 12.4. The summed E-state index contributed by atoms with van der Waals surface area (Å²) in [4.78, 5) is 4.23. The van der Waals surface area contributed by atoms with E-state index < -0.39 is 0 Å². The summed E-state index contributed by atoms with van der Waals surface area (Å²) in [5.74, 6) is 1.46. The molecule has 0 spiro atoms. The average molecular weight is 413 g/mol. The van der Waals surface area contributed by atoms with Crippen LogP contribution < -0.4 is 10.6 Å². The van der Waals surface area contributed by atoms with Crippen LogP contribution in [0.2, 0.25) is 0 Å². The number of hydrogen-bond donors (Lipinski definition) is 2. The van der Waals surface area contributed by atoms with Crippen molar-refractivity contribution in [2.24, 2.45) is 10.9 Å². The lowest BCUT2D eigenvalue weighted by Gasteiger charge is -2.23. The molecule has 1 heterocycles. The predicted molar refractivity (Wildman–Crippen MR) is 98.6 cm³/mol. The Bertz CT molecular complexity index is 282. The van der Waals surface area contributed by atoms with Crippen molar-refractivity contribution >= 4 is 29.9 Å². The number of guanidine groups is 1. The van der Waals surface area contributed by atoms with Gasteiger partial charge < -0.3 is 20.1 Å². The number of ether oxygens (including phenoxy) is 2. The molecule has 0 aromatic heterocycles. The molecule has 1 atom stereocenters. The molecule has 0 aromatic carbocycles. The summed E-state index contributed by atoms with van der Waals surface area (Å²) in [6, 6.07) is 0.416. The second kappa shape index (κ2) is 12.5. The molecule has 1 saturated heterocycles.